The van der Waals surface area contributed by atoms with Crippen LogP contribution in [0.3, 0.4) is 0 Å². The third-order valence-electron chi connectivity index (χ3n) is 14.7. The van der Waals surface area contributed by atoms with Gasteiger partial charge in [0, 0.05) is 21.9 Å². The van der Waals surface area contributed by atoms with E-state index in [1.807, 2.05) is 12.1 Å². The van der Waals surface area contributed by atoms with E-state index in [4.69, 9.17) is 19.4 Å². The highest BCUT2D eigenvalue weighted by molar-refractivity contribution is 6.21. The van der Waals surface area contributed by atoms with E-state index in [1.165, 1.54) is 71.6 Å². The predicted molar refractivity (Wildman–Crippen MR) is 257 cm³/mol. The summed E-state index contributed by atoms with van der Waals surface area (Å²) in [6, 6.07) is 65.1. The summed E-state index contributed by atoms with van der Waals surface area (Å²) in [7, 11) is 0. The standard InChI is InChI=1S/C59H45N3O/c1-3-9-40(10-4-1)42-15-19-46(20-16-42)56-60-57(47-21-17-43(18-22-47)41-11-5-2-6-12-41)62-58(61-56)52-33-48(32-51-54-50-14-8-7-13-45(50)25-28-53(54)63-55(51)52)44-23-26-49(27-24-44)59-34-37-29-38(35-59)31-39(30-37)36-59/h1-28,32-33,37-39H,29-31,34-36H2. The van der Waals surface area contributed by atoms with Gasteiger partial charge in [0.1, 0.15) is 11.2 Å². The van der Waals surface area contributed by atoms with Gasteiger partial charge in [0.25, 0.3) is 0 Å². The molecule has 10 aromatic rings. The third-order valence-corrected chi connectivity index (χ3v) is 14.7. The van der Waals surface area contributed by atoms with Gasteiger partial charge in [-0.25, -0.2) is 15.0 Å². The van der Waals surface area contributed by atoms with E-state index in [2.05, 4.69) is 170 Å². The molecule has 302 valence electrons. The highest BCUT2D eigenvalue weighted by atomic mass is 16.3. The molecule has 2 heterocycles. The zero-order valence-electron chi connectivity index (χ0n) is 35.0. The Labute approximate surface area is 367 Å². The first-order valence-corrected chi connectivity index (χ1v) is 22.7. The summed E-state index contributed by atoms with van der Waals surface area (Å²) < 4.78 is 6.91. The van der Waals surface area contributed by atoms with Crippen molar-refractivity contribution in [2.45, 2.75) is 43.9 Å². The molecule has 4 aliphatic carbocycles. The lowest BCUT2D eigenvalue weighted by Gasteiger charge is -2.57. The molecule has 63 heavy (non-hydrogen) atoms. The van der Waals surface area contributed by atoms with Gasteiger partial charge in [0.15, 0.2) is 17.5 Å². The van der Waals surface area contributed by atoms with Crippen LogP contribution in [0.25, 0.3) is 100 Å². The molecule has 14 rings (SSSR count). The second kappa shape index (κ2) is 14.5. The number of aromatic nitrogens is 3. The molecule has 0 aliphatic heterocycles. The summed E-state index contributed by atoms with van der Waals surface area (Å²) >= 11 is 0. The highest BCUT2D eigenvalue weighted by Crippen LogP contribution is 2.61. The minimum atomic E-state index is 0.346. The smallest absolute Gasteiger partial charge is 0.167 e. The number of furan rings is 1. The quantitative estimate of drug-likeness (QED) is 0.161. The first kappa shape index (κ1) is 36.5. The van der Waals surface area contributed by atoms with Crippen molar-refractivity contribution in [2.75, 3.05) is 0 Å². The van der Waals surface area contributed by atoms with Crippen LogP contribution < -0.4 is 0 Å². The van der Waals surface area contributed by atoms with E-state index in [0.717, 1.165) is 73.1 Å². The van der Waals surface area contributed by atoms with Gasteiger partial charge < -0.3 is 4.42 Å². The molecular weight excluding hydrogens is 767 g/mol. The van der Waals surface area contributed by atoms with Crippen LogP contribution in [-0.2, 0) is 5.41 Å². The van der Waals surface area contributed by atoms with Gasteiger partial charge in [0.2, 0.25) is 0 Å². The second-order valence-corrected chi connectivity index (χ2v) is 18.6. The van der Waals surface area contributed by atoms with Gasteiger partial charge in [0.05, 0.1) is 5.56 Å². The average Bonchev–Trinajstić information content (AvgIpc) is 3.73. The Morgan fingerprint density at radius 3 is 1.46 bits per heavy atom. The Kier molecular flexibility index (Phi) is 8.37. The van der Waals surface area contributed by atoms with Crippen LogP contribution >= 0.6 is 0 Å². The number of hydrogen-bond donors (Lipinski definition) is 0. The fraction of sp³-hybridized carbons (Fsp3) is 0.169. The molecule has 0 amide bonds. The number of hydrogen-bond acceptors (Lipinski definition) is 4. The zero-order valence-corrected chi connectivity index (χ0v) is 35.0. The van der Waals surface area contributed by atoms with E-state index in [-0.39, 0.29) is 0 Å². The van der Waals surface area contributed by atoms with E-state index in [0.29, 0.717) is 22.9 Å². The average molecular weight is 812 g/mol. The Balaban J connectivity index is 0.992. The van der Waals surface area contributed by atoms with Crippen molar-refractivity contribution < 1.29 is 4.42 Å². The van der Waals surface area contributed by atoms with E-state index >= 15 is 0 Å². The summed E-state index contributed by atoms with van der Waals surface area (Å²) in [6.45, 7) is 0. The molecule has 0 saturated heterocycles. The van der Waals surface area contributed by atoms with Crippen molar-refractivity contribution in [2.24, 2.45) is 17.8 Å². The van der Waals surface area contributed by atoms with Crippen molar-refractivity contribution in [1.82, 2.24) is 15.0 Å². The monoisotopic (exact) mass is 811 g/mol. The minimum absolute atomic E-state index is 0.346. The summed E-state index contributed by atoms with van der Waals surface area (Å²) in [5, 5.41) is 4.52. The van der Waals surface area contributed by atoms with Crippen molar-refractivity contribution in [3.05, 3.63) is 188 Å². The Hall–Kier alpha value is -7.17. The summed E-state index contributed by atoms with van der Waals surface area (Å²) in [5.74, 6) is 4.52. The normalized spacial score (nSPS) is 20.2. The maximum Gasteiger partial charge on any atom is 0.167 e. The SMILES string of the molecule is c1ccc(-c2ccc(-c3nc(-c4ccc(-c5ccccc5)cc4)nc(-c4cc(-c5ccc(C67CC8CC(CC(C8)C6)C7)cc5)cc5c4oc4ccc6ccccc6c45)n3)cc2)cc1. The van der Waals surface area contributed by atoms with Gasteiger partial charge in [-0.3, -0.25) is 0 Å². The van der Waals surface area contributed by atoms with Crippen LogP contribution in [0.15, 0.2) is 186 Å². The molecule has 0 spiro atoms. The molecular formula is C59H45N3O. The van der Waals surface area contributed by atoms with Crippen molar-refractivity contribution in [1.29, 1.82) is 0 Å². The Morgan fingerprint density at radius 2 is 0.873 bits per heavy atom. The van der Waals surface area contributed by atoms with E-state index in [1.54, 1.807) is 0 Å². The topological polar surface area (TPSA) is 51.8 Å². The molecule has 8 aromatic carbocycles. The van der Waals surface area contributed by atoms with Crippen LogP contribution in [-0.4, -0.2) is 15.0 Å². The van der Waals surface area contributed by atoms with Gasteiger partial charge in [-0.15, -0.1) is 0 Å². The van der Waals surface area contributed by atoms with Crippen LogP contribution in [0.1, 0.15) is 44.1 Å². The molecule has 4 nitrogen and oxygen atoms in total. The van der Waals surface area contributed by atoms with Crippen LogP contribution in [0.5, 0.6) is 0 Å². The molecule has 0 radical (unpaired) electrons. The van der Waals surface area contributed by atoms with Crippen LogP contribution in [0.4, 0.5) is 0 Å². The summed E-state index contributed by atoms with van der Waals surface area (Å²) in [5.41, 5.74) is 13.1. The van der Waals surface area contributed by atoms with Gasteiger partial charge >= 0.3 is 0 Å². The van der Waals surface area contributed by atoms with Crippen molar-refractivity contribution in [3.63, 3.8) is 0 Å². The zero-order chi connectivity index (χ0) is 41.5. The Bertz CT molecular complexity index is 3200. The molecule has 4 saturated carbocycles. The minimum Gasteiger partial charge on any atom is -0.455 e. The Morgan fingerprint density at radius 1 is 0.397 bits per heavy atom. The van der Waals surface area contributed by atoms with Crippen molar-refractivity contribution >= 4 is 32.7 Å². The lowest BCUT2D eigenvalue weighted by Crippen LogP contribution is -2.48. The summed E-state index contributed by atoms with van der Waals surface area (Å²) in [4.78, 5) is 15.8. The third kappa shape index (κ3) is 6.30. The number of rotatable bonds is 7. The lowest BCUT2D eigenvalue weighted by molar-refractivity contribution is -0.00518. The second-order valence-electron chi connectivity index (χ2n) is 18.6. The van der Waals surface area contributed by atoms with Gasteiger partial charge in [-0.05, 0) is 130 Å². The predicted octanol–water partition coefficient (Wildman–Crippen LogP) is 15.4. The van der Waals surface area contributed by atoms with Gasteiger partial charge in [-0.2, -0.15) is 0 Å². The van der Waals surface area contributed by atoms with Crippen LogP contribution in [0.2, 0.25) is 0 Å². The number of nitrogens with zero attached hydrogens (tertiary/aromatic N) is 3. The maximum atomic E-state index is 6.91. The molecule has 0 atom stereocenters. The largest absolute Gasteiger partial charge is 0.455 e. The lowest BCUT2D eigenvalue weighted by atomic mass is 9.48. The van der Waals surface area contributed by atoms with Crippen LogP contribution in [0, 0.1) is 17.8 Å². The first-order chi connectivity index (χ1) is 31.1. The first-order valence-electron chi connectivity index (χ1n) is 22.7. The molecule has 4 heteroatoms. The molecule has 0 unspecified atom stereocenters. The maximum absolute atomic E-state index is 6.91. The molecule has 4 bridgehead atoms. The molecule has 2 aromatic heterocycles. The molecule has 0 N–H and O–H groups in total. The van der Waals surface area contributed by atoms with E-state index in [9.17, 15) is 0 Å². The van der Waals surface area contributed by atoms with E-state index < -0.39 is 0 Å². The number of fused-ring (bicyclic) bond motifs is 5. The fourth-order valence-corrected chi connectivity index (χ4v) is 12.1. The molecule has 4 aliphatic rings. The van der Waals surface area contributed by atoms with Gasteiger partial charge in [-0.1, -0.05) is 164 Å². The number of benzene rings is 8. The van der Waals surface area contributed by atoms with Crippen molar-refractivity contribution in [3.8, 4) is 67.5 Å². The fourth-order valence-electron chi connectivity index (χ4n) is 12.1. The molecule has 4 fully saturated rings. The highest BCUT2D eigenvalue weighted by Gasteiger charge is 2.51. The summed E-state index contributed by atoms with van der Waals surface area (Å²) in [6.07, 6.45) is 8.42.